The van der Waals surface area contributed by atoms with Crippen molar-refractivity contribution in [1.82, 2.24) is 5.43 Å². The smallest absolute Gasteiger partial charge is 0.286 e. The summed E-state index contributed by atoms with van der Waals surface area (Å²) >= 11 is 6.21. The highest BCUT2D eigenvalue weighted by Crippen LogP contribution is 2.31. The molecule has 0 saturated carbocycles. The van der Waals surface area contributed by atoms with Crippen molar-refractivity contribution < 1.29 is 4.79 Å². The highest BCUT2D eigenvalue weighted by molar-refractivity contribution is 6.31. The molecule has 4 nitrogen and oxygen atoms in total. The quantitative estimate of drug-likeness (QED) is 0.844. The highest BCUT2D eigenvalue weighted by Gasteiger charge is 2.29. The molecule has 116 valence electrons. The molecule has 0 bridgehead atoms. The molecule has 2 N–H and O–H groups in total. The van der Waals surface area contributed by atoms with Gasteiger partial charge in [0.2, 0.25) is 0 Å². The lowest BCUT2D eigenvalue weighted by Crippen LogP contribution is -2.50. The molecular formula is C18H16ClN3O. The second-order valence-electron chi connectivity index (χ2n) is 5.90. The standard InChI is InChI=1S/C18H16ClN3O/c1-11-6-7-14(9-15(11)19)22-10-13-8-12-4-2-3-5-16(12)20-17(13)18(23)21-22/h2-7,9,20H,8,10H2,1H3,(H,21,23). The van der Waals surface area contributed by atoms with Crippen molar-refractivity contribution in [3.63, 3.8) is 0 Å². The molecule has 0 aliphatic carbocycles. The van der Waals surface area contributed by atoms with E-state index >= 15 is 0 Å². The van der Waals surface area contributed by atoms with E-state index in [0.29, 0.717) is 17.3 Å². The Bertz CT molecular complexity index is 844. The van der Waals surface area contributed by atoms with Gasteiger partial charge in [-0.3, -0.25) is 15.2 Å². The van der Waals surface area contributed by atoms with Gasteiger partial charge in [0.25, 0.3) is 5.91 Å². The summed E-state index contributed by atoms with van der Waals surface area (Å²) in [5.41, 5.74) is 8.80. The van der Waals surface area contributed by atoms with Crippen LogP contribution in [0.15, 0.2) is 53.7 Å². The number of carbonyl (C=O) groups is 1. The number of hydrazine groups is 1. The van der Waals surface area contributed by atoms with Gasteiger partial charge in [0.05, 0.1) is 12.2 Å². The molecule has 0 saturated heterocycles. The van der Waals surface area contributed by atoms with Gasteiger partial charge in [-0.25, -0.2) is 0 Å². The van der Waals surface area contributed by atoms with Gasteiger partial charge in [0, 0.05) is 10.7 Å². The Balaban J connectivity index is 1.66. The Morgan fingerprint density at radius 2 is 2.00 bits per heavy atom. The van der Waals surface area contributed by atoms with E-state index < -0.39 is 0 Å². The van der Waals surface area contributed by atoms with E-state index in [2.05, 4.69) is 16.8 Å². The zero-order valence-corrected chi connectivity index (χ0v) is 13.4. The number of aryl methyl sites for hydroxylation is 1. The van der Waals surface area contributed by atoms with Crippen LogP contribution in [-0.4, -0.2) is 12.5 Å². The molecule has 0 radical (unpaired) electrons. The predicted molar refractivity (Wildman–Crippen MR) is 92.5 cm³/mol. The number of nitrogens with one attached hydrogen (secondary N) is 2. The minimum absolute atomic E-state index is 0.113. The molecule has 5 heteroatoms. The van der Waals surface area contributed by atoms with E-state index in [0.717, 1.165) is 28.9 Å². The van der Waals surface area contributed by atoms with E-state index in [4.69, 9.17) is 11.6 Å². The van der Waals surface area contributed by atoms with Gasteiger partial charge in [-0.05, 0) is 48.2 Å². The number of benzene rings is 2. The first-order chi connectivity index (χ1) is 11.1. The fourth-order valence-corrected chi connectivity index (χ4v) is 3.18. The second-order valence-corrected chi connectivity index (χ2v) is 6.31. The van der Waals surface area contributed by atoms with Gasteiger partial charge >= 0.3 is 0 Å². The first-order valence-electron chi connectivity index (χ1n) is 7.53. The Morgan fingerprint density at radius 1 is 1.17 bits per heavy atom. The lowest BCUT2D eigenvalue weighted by atomic mass is 9.96. The SMILES string of the molecule is Cc1ccc(N2CC3=C(Nc4ccccc4C3)C(=O)N2)cc1Cl. The number of amides is 1. The topological polar surface area (TPSA) is 44.4 Å². The van der Waals surface area contributed by atoms with Gasteiger partial charge in [0.1, 0.15) is 5.70 Å². The van der Waals surface area contributed by atoms with Crippen molar-refractivity contribution in [1.29, 1.82) is 0 Å². The zero-order valence-electron chi connectivity index (χ0n) is 12.7. The maximum Gasteiger partial charge on any atom is 0.286 e. The number of halogens is 1. The van der Waals surface area contributed by atoms with E-state index in [9.17, 15) is 4.79 Å². The van der Waals surface area contributed by atoms with Gasteiger partial charge in [0.15, 0.2) is 0 Å². The summed E-state index contributed by atoms with van der Waals surface area (Å²) in [6.07, 6.45) is 0.780. The highest BCUT2D eigenvalue weighted by atomic mass is 35.5. The Kier molecular flexibility index (Phi) is 3.27. The fourth-order valence-electron chi connectivity index (χ4n) is 3.00. The molecule has 0 fully saturated rings. The average Bonchev–Trinajstić information content (AvgIpc) is 2.56. The van der Waals surface area contributed by atoms with Crippen molar-refractivity contribution in [2.45, 2.75) is 13.3 Å². The van der Waals surface area contributed by atoms with Crippen LogP contribution in [0.2, 0.25) is 5.02 Å². The van der Waals surface area contributed by atoms with Crippen LogP contribution in [0, 0.1) is 6.92 Å². The lowest BCUT2D eigenvalue weighted by molar-refractivity contribution is -0.117. The Labute approximate surface area is 139 Å². The van der Waals surface area contributed by atoms with Crippen molar-refractivity contribution in [3.8, 4) is 0 Å². The first kappa shape index (κ1) is 14.2. The molecule has 0 spiro atoms. The average molecular weight is 326 g/mol. The molecule has 2 aliphatic heterocycles. The molecule has 4 rings (SSSR count). The number of nitrogens with zero attached hydrogens (tertiary/aromatic N) is 1. The van der Waals surface area contributed by atoms with Gasteiger partial charge in [-0.2, -0.15) is 0 Å². The van der Waals surface area contributed by atoms with Crippen LogP contribution < -0.4 is 15.8 Å². The summed E-state index contributed by atoms with van der Waals surface area (Å²) in [5.74, 6) is -0.113. The molecule has 2 aliphatic rings. The fraction of sp³-hybridized carbons (Fsp3) is 0.167. The maximum atomic E-state index is 12.5. The van der Waals surface area contributed by atoms with Gasteiger partial charge < -0.3 is 5.32 Å². The first-order valence-corrected chi connectivity index (χ1v) is 7.91. The molecule has 2 aromatic rings. The van der Waals surface area contributed by atoms with Crippen LogP contribution >= 0.6 is 11.6 Å². The number of rotatable bonds is 1. The minimum atomic E-state index is -0.113. The third kappa shape index (κ3) is 2.45. The molecular weight excluding hydrogens is 310 g/mol. The van der Waals surface area contributed by atoms with Crippen LogP contribution in [0.5, 0.6) is 0 Å². The van der Waals surface area contributed by atoms with Crippen LogP contribution in [0.25, 0.3) is 0 Å². The number of para-hydroxylation sites is 1. The van der Waals surface area contributed by atoms with Gasteiger partial charge in [-0.1, -0.05) is 35.9 Å². The number of carbonyl (C=O) groups excluding carboxylic acids is 1. The third-order valence-electron chi connectivity index (χ3n) is 4.31. The zero-order chi connectivity index (χ0) is 16.0. The number of hydrogen-bond acceptors (Lipinski definition) is 3. The predicted octanol–water partition coefficient (Wildman–Crippen LogP) is 3.42. The van der Waals surface area contributed by atoms with Crippen LogP contribution in [0.3, 0.4) is 0 Å². The van der Waals surface area contributed by atoms with E-state index in [1.807, 2.05) is 48.3 Å². The summed E-state index contributed by atoms with van der Waals surface area (Å²) < 4.78 is 0. The third-order valence-corrected chi connectivity index (χ3v) is 4.72. The number of hydrogen-bond donors (Lipinski definition) is 2. The summed E-state index contributed by atoms with van der Waals surface area (Å²) in [6.45, 7) is 2.60. The summed E-state index contributed by atoms with van der Waals surface area (Å²) in [4.78, 5) is 12.5. The second kappa shape index (κ2) is 5.32. The van der Waals surface area contributed by atoms with Crippen molar-refractivity contribution in [2.24, 2.45) is 0 Å². The molecule has 2 aromatic carbocycles. The summed E-state index contributed by atoms with van der Waals surface area (Å²) in [6, 6.07) is 13.9. The molecule has 23 heavy (non-hydrogen) atoms. The normalized spacial score (nSPS) is 16.4. The Morgan fingerprint density at radius 3 is 2.83 bits per heavy atom. The van der Waals surface area contributed by atoms with Crippen LogP contribution in [0.4, 0.5) is 11.4 Å². The van der Waals surface area contributed by atoms with E-state index in [-0.39, 0.29) is 5.91 Å². The summed E-state index contributed by atoms with van der Waals surface area (Å²) in [5, 5.41) is 5.80. The molecule has 0 unspecified atom stereocenters. The van der Waals surface area contributed by atoms with Crippen LogP contribution in [0.1, 0.15) is 11.1 Å². The number of fused-ring (bicyclic) bond motifs is 1. The van der Waals surface area contributed by atoms with Gasteiger partial charge in [-0.15, -0.1) is 0 Å². The van der Waals surface area contributed by atoms with Crippen molar-refractivity contribution >= 4 is 28.9 Å². The Hall–Kier alpha value is -2.46. The molecule has 0 aromatic heterocycles. The van der Waals surface area contributed by atoms with Crippen LogP contribution in [-0.2, 0) is 11.2 Å². The molecule has 0 atom stereocenters. The maximum absolute atomic E-state index is 12.5. The molecule has 1 amide bonds. The summed E-state index contributed by atoms with van der Waals surface area (Å²) in [7, 11) is 0. The number of anilines is 2. The monoisotopic (exact) mass is 325 g/mol. The van der Waals surface area contributed by atoms with Crippen molar-refractivity contribution in [3.05, 3.63) is 69.9 Å². The van der Waals surface area contributed by atoms with Crippen molar-refractivity contribution in [2.75, 3.05) is 16.9 Å². The largest absolute Gasteiger partial charge is 0.351 e. The minimum Gasteiger partial charge on any atom is -0.351 e. The lowest BCUT2D eigenvalue weighted by Gasteiger charge is -2.35. The van der Waals surface area contributed by atoms with E-state index in [1.54, 1.807) is 0 Å². The molecule has 2 heterocycles. The van der Waals surface area contributed by atoms with E-state index in [1.165, 1.54) is 5.56 Å².